The Morgan fingerprint density at radius 1 is 1.50 bits per heavy atom. The summed E-state index contributed by atoms with van der Waals surface area (Å²) in [5, 5.41) is 19.8. The van der Waals surface area contributed by atoms with Crippen molar-refractivity contribution < 1.29 is 9.90 Å². The second kappa shape index (κ2) is 5.93. The Morgan fingerprint density at radius 2 is 2.40 bits per heavy atom. The minimum Gasteiger partial charge on any atom is -0.394 e. The van der Waals surface area contributed by atoms with Crippen molar-refractivity contribution in [2.24, 2.45) is 0 Å². The van der Waals surface area contributed by atoms with E-state index in [1.54, 1.807) is 0 Å². The van der Waals surface area contributed by atoms with Gasteiger partial charge in [0.15, 0.2) is 0 Å². The van der Waals surface area contributed by atoms with E-state index in [2.05, 4.69) is 15.7 Å². The first-order chi connectivity index (χ1) is 9.79. The molecule has 1 aliphatic carbocycles. The quantitative estimate of drug-likeness (QED) is 0.731. The molecule has 1 unspecified atom stereocenters. The number of nitrogens with zero attached hydrogens (tertiary/aromatic N) is 2. The Bertz CT molecular complexity index is 480. The van der Waals surface area contributed by atoms with E-state index in [1.165, 1.54) is 0 Å². The van der Waals surface area contributed by atoms with Gasteiger partial charge in [-0.05, 0) is 38.6 Å². The number of fused-ring (bicyclic) bond motifs is 1. The van der Waals surface area contributed by atoms with E-state index < -0.39 is 0 Å². The average molecular weight is 278 g/mol. The maximum atomic E-state index is 12.2. The number of carbonyl (C=O) groups is 1. The number of rotatable bonds is 4. The highest BCUT2D eigenvalue weighted by Gasteiger charge is 2.29. The van der Waals surface area contributed by atoms with Gasteiger partial charge >= 0.3 is 0 Å². The predicted molar refractivity (Wildman–Crippen MR) is 74.2 cm³/mol. The van der Waals surface area contributed by atoms with Crippen LogP contribution in [0.5, 0.6) is 0 Å². The fourth-order valence-electron chi connectivity index (χ4n) is 3.24. The van der Waals surface area contributed by atoms with Gasteiger partial charge in [-0.15, -0.1) is 0 Å². The Kier molecular flexibility index (Phi) is 4.03. The highest BCUT2D eigenvalue weighted by Crippen LogP contribution is 2.29. The number of carbonyl (C=O) groups excluding carboxylic acids is 1. The summed E-state index contributed by atoms with van der Waals surface area (Å²) in [4.78, 5) is 12.2. The highest BCUT2D eigenvalue weighted by molar-refractivity contribution is 5.82. The summed E-state index contributed by atoms with van der Waals surface area (Å²) in [5.41, 5.74) is 2.28. The molecule has 1 aromatic heterocycles. The minimum atomic E-state index is -0.0344. The van der Waals surface area contributed by atoms with Crippen molar-refractivity contribution in [3.63, 3.8) is 0 Å². The van der Waals surface area contributed by atoms with Gasteiger partial charge in [-0.3, -0.25) is 9.48 Å². The zero-order valence-electron chi connectivity index (χ0n) is 11.6. The van der Waals surface area contributed by atoms with Gasteiger partial charge < -0.3 is 15.7 Å². The van der Waals surface area contributed by atoms with Crippen LogP contribution < -0.4 is 10.6 Å². The Labute approximate surface area is 118 Å². The summed E-state index contributed by atoms with van der Waals surface area (Å²) < 4.78 is 1.86. The summed E-state index contributed by atoms with van der Waals surface area (Å²) in [6, 6.07) is 0.0361. The van der Waals surface area contributed by atoms with Crippen LogP contribution in [-0.2, 0) is 17.8 Å². The number of nitrogens with one attached hydrogen (secondary N) is 2. The molecule has 110 valence electrons. The number of aliphatic hydroxyl groups is 1. The topological polar surface area (TPSA) is 79.2 Å². The molecule has 1 fully saturated rings. The fourth-order valence-corrected chi connectivity index (χ4v) is 3.24. The lowest BCUT2D eigenvalue weighted by molar-refractivity contribution is -0.123. The molecule has 0 bridgehead atoms. The van der Waals surface area contributed by atoms with Crippen molar-refractivity contribution in [1.82, 2.24) is 20.4 Å². The van der Waals surface area contributed by atoms with Crippen molar-refractivity contribution in [3.05, 3.63) is 17.5 Å². The molecule has 0 radical (unpaired) electrons. The van der Waals surface area contributed by atoms with E-state index in [4.69, 9.17) is 5.11 Å². The summed E-state index contributed by atoms with van der Waals surface area (Å²) >= 11 is 0. The molecule has 6 heteroatoms. The molecule has 1 aromatic rings. The summed E-state index contributed by atoms with van der Waals surface area (Å²) in [7, 11) is 0. The summed E-state index contributed by atoms with van der Waals surface area (Å²) in [6.45, 7) is 1.56. The fraction of sp³-hybridized carbons (Fsp3) is 0.714. The monoisotopic (exact) mass is 278 g/mol. The molecule has 1 amide bonds. The van der Waals surface area contributed by atoms with Gasteiger partial charge in [0.25, 0.3) is 0 Å². The van der Waals surface area contributed by atoms with Crippen molar-refractivity contribution >= 4 is 5.91 Å². The maximum absolute atomic E-state index is 12.2. The molecule has 3 N–H and O–H groups in total. The number of aromatic nitrogens is 2. The molecule has 0 aromatic carbocycles. The van der Waals surface area contributed by atoms with Crippen LogP contribution in [0.15, 0.2) is 6.20 Å². The first-order valence-corrected chi connectivity index (χ1v) is 7.49. The SMILES string of the molecule is O=C(NC1CCCc2c1cnn2CCO)[C@H]1CCCN1. The molecule has 2 heterocycles. The zero-order valence-corrected chi connectivity index (χ0v) is 11.6. The van der Waals surface area contributed by atoms with Crippen LogP contribution in [-0.4, -0.2) is 40.0 Å². The Morgan fingerprint density at radius 3 is 3.15 bits per heavy atom. The average Bonchev–Trinajstić information content (AvgIpc) is 3.09. The molecule has 3 rings (SSSR count). The molecular formula is C14H22N4O2. The number of aliphatic hydroxyl groups excluding tert-OH is 1. The molecule has 20 heavy (non-hydrogen) atoms. The normalized spacial score (nSPS) is 25.4. The molecule has 6 nitrogen and oxygen atoms in total. The molecule has 0 saturated carbocycles. The van der Waals surface area contributed by atoms with Crippen molar-refractivity contribution in [2.45, 2.75) is 50.7 Å². The number of hydrogen-bond donors (Lipinski definition) is 3. The molecule has 1 saturated heterocycles. The predicted octanol–water partition coefficient (Wildman–Crippen LogP) is 0.121. The van der Waals surface area contributed by atoms with E-state index in [9.17, 15) is 4.79 Å². The minimum absolute atomic E-state index is 0.0344. The smallest absolute Gasteiger partial charge is 0.237 e. The summed E-state index contributed by atoms with van der Waals surface area (Å²) in [6.07, 6.45) is 6.83. The molecule has 2 aliphatic rings. The lowest BCUT2D eigenvalue weighted by atomic mass is 9.92. The van der Waals surface area contributed by atoms with Gasteiger partial charge in [0.2, 0.25) is 5.91 Å². The van der Waals surface area contributed by atoms with Gasteiger partial charge in [0.05, 0.1) is 31.4 Å². The Balaban J connectivity index is 1.71. The van der Waals surface area contributed by atoms with Crippen molar-refractivity contribution in [3.8, 4) is 0 Å². The van der Waals surface area contributed by atoms with Crippen molar-refractivity contribution in [2.75, 3.05) is 13.2 Å². The Hall–Kier alpha value is -1.40. The van der Waals surface area contributed by atoms with E-state index >= 15 is 0 Å². The number of hydrogen-bond acceptors (Lipinski definition) is 4. The third kappa shape index (κ3) is 2.58. The molecule has 0 spiro atoms. The highest BCUT2D eigenvalue weighted by atomic mass is 16.3. The first kappa shape index (κ1) is 13.6. The van der Waals surface area contributed by atoms with Crippen LogP contribution in [0.25, 0.3) is 0 Å². The van der Waals surface area contributed by atoms with E-state index in [0.29, 0.717) is 6.54 Å². The van der Waals surface area contributed by atoms with Gasteiger partial charge in [-0.2, -0.15) is 5.10 Å². The molecule has 1 aliphatic heterocycles. The maximum Gasteiger partial charge on any atom is 0.237 e. The van der Waals surface area contributed by atoms with Crippen molar-refractivity contribution in [1.29, 1.82) is 0 Å². The third-order valence-electron chi connectivity index (χ3n) is 4.27. The molecular weight excluding hydrogens is 256 g/mol. The number of amides is 1. The van der Waals surface area contributed by atoms with Gasteiger partial charge in [-0.25, -0.2) is 0 Å². The lowest BCUT2D eigenvalue weighted by Gasteiger charge is -2.25. The van der Waals surface area contributed by atoms with Crippen LogP contribution >= 0.6 is 0 Å². The molecule has 2 atom stereocenters. The van der Waals surface area contributed by atoms with Crippen LogP contribution in [0, 0.1) is 0 Å². The van der Waals surface area contributed by atoms with Gasteiger partial charge in [0, 0.05) is 11.3 Å². The second-order valence-electron chi connectivity index (χ2n) is 5.60. The lowest BCUT2D eigenvalue weighted by Crippen LogP contribution is -2.42. The van der Waals surface area contributed by atoms with E-state index in [1.807, 2.05) is 10.9 Å². The van der Waals surface area contributed by atoms with Crippen LogP contribution in [0.3, 0.4) is 0 Å². The van der Waals surface area contributed by atoms with Gasteiger partial charge in [0.1, 0.15) is 0 Å². The van der Waals surface area contributed by atoms with Gasteiger partial charge in [-0.1, -0.05) is 0 Å². The zero-order chi connectivity index (χ0) is 13.9. The van der Waals surface area contributed by atoms with Crippen LogP contribution in [0.4, 0.5) is 0 Å². The standard InChI is InChI=1S/C14H22N4O2/c19-8-7-18-13-5-1-3-11(10(13)9-16-18)17-14(20)12-4-2-6-15-12/h9,11-12,15,19H,1-8H2,(H,17,20)/t11?,12-/m1/s1. The largest absolute Gasteiger partial charge is 0.394 e. The second-order valence-corrected chi connectivity index (χ2v) is 5.60. The third-order valence-corrected chi connectivity index (χ3v) is 4.27. The van der Waals surface area contributed by atoms with E-state index in [-0.39, 0.29) is 24.6 Å². The van der Waals surface area contributed by atoms with E-state index in [0.717, 1.165) is 49.9 Å². The van der Waals surface area contributed by atoms with Crippen LogP contribution in [0.2, 0.25) is 0 Å². The first-order valence-electron chi connectivity index (χ1n) is 7.49. The van der Waals surface area contributed by atoms with Crippen LogP contribution in [0.1, 0.15) is 43.0 Å². The summed E-state index contributed by atoms with van der Waals surface area (Å²) in [5.74, 6) is 0.107.